The molecule has 0 spiro atoms. The summed E-state index contributed by atoms with van der Waals surface area (Å²) >= 11 is 0. The van der Waals surface area contributed by atoms with Gasteiger partial charge < -0.3 is 0 Å². The van der Waals surface area contributed by atoms with E-state index in [1.54, 1.807) is 30.6 Å². The lowest BCUT2D eigenvalue weighted by Crippen LogP contribution is -1.99. The minimum Gasteiger partial charge on any atom is -0.295 e. The van der Waals surface area contributed by atoms with Crippen LogP contribution in [0.4, 0.5) is 0 Å². The molecule has 0 unspecified atom stereocenters. The van der Waals surface area contributed by atoms with Crippen LogP contribution < -0.4 is 0 Å². The fourth-order valence-electron chi connectivity index (χ4n) is 1.10. The first-order valence-corrected chi connectivity index (χ1v) is 3.69. The van der Waals surface area contributed by atoms with Gasteiger partial charge in [-0.15, -0.1) is 0 Å². The fraction of sp³-hybridized carbons (Fsp3) is 0.200. The number of ketones is 1. The maximum absolute atomic E-state index is 11.0. The summed E-state index contributed by atoms with van der Waals surface area (Å²) in [7, 11) is 0. The summed E-state index contributed by atoms with van der Waals surface area (Å²) in [5, 5.41) is 0. The third-order valence-electron chi connectivity index (χ3n) is 1.66. The van der Waals surface area contributed by atoms with Gasteiger partial charge in [0, 0.05) is 12.0 Å². The zero-order valence-electron chi connectivity index (χ0n) is 6.83. The fourth-order valence-corrected chi connectivity index (χ4v) is 1.10. The second-order valence-corrected chi connectivity index (χ2v) is 2.53. The molecule has 0 bridgehead atoms. The van der Waals surface area contributed by atoms with Crippen LogP contribution in [0.2, 0.25) is 0 Å². The second-order valence-electron chi connectivity index (χ2n) is 2.53. The lowest BCUT2D eigenvalue weighted by molar-refractivity contribution is 0.101. The van der Waals surface area contributed by atoms with Crippen molar-refractivity contribution in [1.29, 1.82) is 0 Å². The van der Waals surface area contributed by atoms with E-state index in [4.69, 9.17) is 0 Å². The van der Waals surface area contributed by atoms with Crippen molar-refractivity contribution < 1.29 is 9.59 Å². The van der Waals surface area contributed by atoms with Crippen LogP contribution in [0.5, 0.6) is 0 Å². The van der Waals surface area contributed by atoms with Crippen LogP contribution in [0, 0.1) is 0 Å². The van der Waals surface area contributed by atoms with Crippen LogP contribution in [-0.4, -0.2) is 12.1 Å². The Hall–Kier alpha value is -1.44. The van der Waals surface area contributed by atoms with Gasteiger partial charge in [-0.2, -0.15) is 0 Å². The highest BCUT2D eigenvalue weighted by Crippen LogP contribution is 2.08. The zero-order valence-corrected chi connectivity index (χ0v) is 6.83. The molecule has 0 heterocycles. The predicted molar refractivity (Wildman–Crippen MR) is 45.8 cm³/mol. The van der Waals surface area contributed by atoms with Crippen molar-refractivity contribution in [2.75, 3.05) is 0 Å². The van der Waals surface area contributed by atoms with Crippen molar-refractivity contribution in [3.8, 4) is 0 Å². The maximum Gasteiger partial charge on any atom is 0.203 e. The quantitative estimate of drug-likeness (QED) is 0.630. The molecule has 2 heteroatoms. The minimum atomic E-state index is -0.0131. The largest absolute Gasteiger partial charge is 0.295 e. The number of Topliss-reactive ketones (excluding diaryl/α,β-unsaturated/α-hetero) is 1. The molecular weight excluding hydrogens is 152 g/mol. The number of carbonyl (C=O) groups is 1. The van der Waals surface area contributed by atoms with Crippen molar-refractivity contribution in [2.24, 2.45) is 0 Å². The highest BCUT2D eigenvalue weighted by molar-refractivity contribution is 5.96. The Morgan fingerprint density at radius 2 is 2.08 bits per heavy atom. The summed E-state index contributed by atoms with van der Waals surface area (Å²) in [4.78, 5) is 21.1. The normalized spacial score (nSPS) is 9.42. The Morgan fingerprint density at radius 1 is 1.42 bits per heavy atom. The lowest BCUT2D eigenvalue weighted by Gasteiger charge is -2.00. The molecular formula is C10H9O2. The first kappa shape index (κ1) is 8.65. The number of benzene rings is 1. The molecule has 0 N–H and O–H groups in total. The van der Waals surface area contributed by atoms with Gasteiger partial charge in [0.15, 0.2) is 5.78 Å². The van der Waals surface area contributed by atoms with E-state index in [0.29, 0.717) is 5.56 Å². The van der Waals surface area contributed by atoms with Crippen LogP contribution in [0.3, 0.4) is 0 Å². The average Bonchev–Trinajstić information content (AvgIpc) is 2.05. The molecule has 0 aliphatic rings. The summed E-state index contributed by atoms with van der Waals surface area (Å²) < 4.78 is 0. The maximum atomic E-state index is 11.0. The molecule has 0 atom stereocenters. The Kier molecular flexibility index (Phi) is 2.75. The molecule has 1 radical (unpaired) electrons. The van der Waals surface area contributed by atoms with Gasteiger partial charge in [-0.25, -0.2) is 0 Å². The van der Waals surface area contributed by atoms with Crippen LogP contribution in [-0.2, 0) is 11.2 Å². The van der Waals surface area contributed by atoms with Gasteiger partial charge in [0.1, 0.15) is 0 Å². The molecule has 12 heavy (non-hydrogen) atoms. The predicted octanol–water partition coefficient (Wildman–Crippen LogP) is 1.54. The van der Waals surface area contributed by atoms with Gasteiger partial charge >= 0.3 is 0 Å². The van der Waals surface area contributed by atoms with Crippen molar-refractivity contribution in [3.63, 3.8) is 0 Å². The van der Waals surface area contributed by atoms with E-state index in [0.717, 1.165) is 5.56 Å². The number of carbonyl (C=O) groups excluding carboxylic acids is 2. The molecule has 0 amide bonds. The van der Waals surface area contributed by atoms with Gasteiger partial charge in [-0.3, -0.25) is 9.59 Å². The number of hydrogen-bond acceptors (Lipinski definition) is 2. The second kappa shape index (κ2) is 3.81. The Morgan fingerprint density at radius 3 is 2.67 bits per heavy atom. The minimum absolute atomic E-state index is 0.0131. The van der Waals surface area contributed by atoms with Gasteiger partial charge in [0.25, 0.3) is 0 Å². The summed E-state index contributed by atoms with van der Waals surface area (Å²) in [6.45, 7) is 1.49. The van der Waals surface area contributed by atoms with E-state index in [9.17, 15) is 9.59 Å². The van der Waals surface area contributed by atoms with E-state index in [-0.39, 0.29) is 12.2 Å². The zero-order chi connectivity index (χ0) is 8.97. The van der Waals surface area contributed by atoms with Crippen LogP contribution in [0.1, 0.15) is 22.8 Å². The highest BCUT2D eigenvalue weighted by Gasteiger charge is 2.04. The van der Waals surface area contributed by atoms with E-state index >= 15 is 0 Å². The molecule has 0 fully saturated rings. The van der Waals surface area contributed by atoms with Gasteiger partial charge in [-0.1, -0.05) is 24.3 Å². The van der Waals surface area contributed by atoms with Crippen molar-refractivity contribution in [2.45, 2.75) is 13.3 Å². The van der Waals surface area contributed by atoms with Crippen molar-refractivity contribution in [3.05, 3.63) is 35.4 Å². The topological polar surface area (TPSA) is 34.1 Å². The number of hydrogen-bond donors (Lipinski definition) is 0. The molecule has 61 valence electrons. The standard InChI is InChI=1S/C10H9O2/c1-8(12)10-5-3-2-4-9(10)6-7-11/h2-5H,6H2,1H3. The van der Waals surface area contributed by atoms with Crippen LogP contribution in [0.15, 0.2) is 24.3 Å². The summed E-state index contributed by atoms with van der Waals surface area (Å²) in [5.41, 5.74) is 1.36. The first-order valence-electron chi connectivity index (χ1n) is 3.69. The Bertz CT molecular complexity index is 302. The molecule has 0 saturated heterocycles. The van der Waals surface area contributed by atoms with E-state index in [1.807, 2.05) is 0 Å². The Labute approximate surface area is 71.2 Å². The smallest absolute Gasteiger partial charge is 0.203 e. The van der Waals surface area contributed by atoms with E-state index < -0.39 is 0 Å². The number of rotatable bonds is 3. The van der Waals surface area contributed by atoms with Crippen molar-refractivity contribution >= 4 is 12.1 Å². The van der Waals surface area contributed by atoms with Crippen LogP contribution in [0.25, 0.3) is 0 Å². The molecule has 0 aromatic heterocycles. The Balaban J connectivity index is 3.07. The summed E-state index contributed by atoms with van der Waals surface area (Å²) in [6.07, 6.45) is 1.97. The highest BCUT2D eigenvalue weighted by atomic mass is 16.1. The third-order valence-corrected chi connectivity index (χ3v) is 1.66. The van der Waals surface area contributed by atoms with Gasteiger partial charge in [0.2, 0.25) is 6.29 Å². The van der Waals surface area contributed by atoms with Gasteiger partial charge in [0.05, 0.1) is 0 Å². The summed E-state index contributed by atoms with van der Waals surface area (Å²) in [5.74, 6) is -0.0131. The monoisotopic (exact) mass is 161 g/mol. The third kappa shape index (κ3) is 1.78. The summed E-state index contributed by atoms with van der Waals surface area (Å²) in [6, 6.07) is 7.07. The molecule has 1 rings (SSSR count). The van der Waals surface area contributed by atoms with E-state index in [2.05, 4.69) is 0 Å². The lowest BCUT2D eigenvalue weighted by atomic mass is 10.0. The van der Waals surface area contributed by atoms with Gasteiger partial charge in [-0.05, 0) is 12.5 Å². The van der Waals surface area contributed by atoms with Crippen LogP contribution >= 0.6 is 0 Å². The first-order chi connectivity index (χ1) is 5.75. The SMILES string of the molecule is CC(=O)c1ccccc1C[C]=O. The molecule has 0 aliphatic heterocycles. The molecule has 2 nitrogen and oxygen atoms in total. The van der Waals surface area contributed by atoms with E-state index in [1.165, 1.54) is 6.92 Å². The molecule has 0 saturated carbocycles. The molecule has 1 aromatic rings. The molecule has 0 aliphatic carbocycles. The van der Waals surface area contributed by atoms with Crippen molar-refractivity contribution in [1.82, 2.24) is 0 Å². The average molecular weight is 161 g/mol. The molecule has 1 aromatic carbocycles.